The number of ketones is 1. The number of nitrogens with zero attached hydrogens (tertiary/aromatic N) is 2. The molecule has 3 atom stereocenters. The van der Waals surface area contributed by atoms with Gasteiger partial charge < -0.3 is 15.5 Å². The summed E-state index contributed by atoms with van der Waals surface area (Å²) in [6.07, 6.45) is 6.97. The zero-order valence-corrected chi connectivity index (χ0v) is 20.8. The molecular formula is C26H34N4O3S. The molecule has 182 valence electrons. The van der Waals surface area contributed by atoms with Gasteiger partial charge in [0.2, 0.25) is 17.6 Å². The number of amides is 2. The van der Waals surface area contributed by atoms with Crippen LogP contribution >= 0.6 is 11.3 Å². The lowest BCUT2D eigenvalue weighted by atomic mass is 9.83. The summed E-state index contributed by atoms with van der Waals surface area (Å²) in [5.74, 6) is -0.112. The first kappa shape index (κ1) is 24.5. The fraction of sp³-hybridized carbons (Fsp3) is 0.538. The normalized spacial score (nSPS) is 20.6. The number of thiazole rings is 1. The summed E-state index contributed by atoms with van der Waals surface area (Å²) in [6.45, 7) is 2.45. The van der Waals surface area contributed by atoms with Crippen LogP contribution in [-0.2, 0) is 9.59 Å². The van der Waals surface area contributed by atoms with Crippen molar-refractivity contribution in [3.05, 3.63) is 52.0 Å². The van der Waals surface area contributed by atoms with E-state index in [4.69, 9.17) is 0 Å². The van der Waals surface area contributed by atoms with Crippen molar-refractivity contribution >= 4 is 28.9 Å². The Hall–Kier alpha value is -2.58. The van der Waals surface area contributed by atoms with Crippen molar-refractivity contribution in [2.75, 3.05) is 13.6 Å². The number of likely N-dealkylation sites (tertiary alicyclic amines) is 1. The number of hydrogen-bond acceptors (Lipinski definition) is 6. The van der Waals surface area contributed by atoms with Gasteiger partial charge in [-0.15, -0.1) is 11.3 Å². The summed E-state index contributed by atoms with van der Waals surface area (Å²) in [5, 5.41) is 8.62. The molecule has 1 aliphatic heterocycles. The minimum atomic E-state index is -0.519. The molecule has 7 nitrogen and oxygen atoms in total. The van der Waals surface area contributed by atoms with E-state index in [9.17, 15) is 14.4 Å². The van der Waals surface area contributed by atoms with Gasteiger partial charge in [-0.3, -0.25) is 14.4 Å². The molecule has 1 aliphatic carbocycles. The number of carbonyl (C=O) groups is 3. The van der Waals surface area contributed by atoms with Crippen LogP contribution in [0.1, 0.15) is 79.0 Å². The van der Waals surface area contributed by atoms with E-state index in [1.165, 1.54) is 17.8 Å². The lowest BCUT2D eigenvalue weighted by Crippen LogP contribution is -2.55. The fourth-order valence-corrected chi connectivity index (χ4v) is 5.95. The monoisotopic (exact) mass is 482 g/mol. The van der Waals surface area contributed by atoms with Crippen LogP contribution in [0.2, 0.25) is 0 Å². The van der Waals surface area contributed by atoms with Crippen LogP contribution in [0.3, 0.4) is 0 Å². The highest BCUT2D eigenvalue weighted by Crippen LogP contribution is 2.36. The Morgan fingerprint density at radius 3 is 2.50 bits per heavy atom. The first-order valence-corrected chi connectivity index (χ1v) is 13.2. The molecule has 2 fully saturated rings. The van der Waals surface area contributed by atoms with Crippen molar-refractivity contribution in [2.45, 2.75) is 70.0 Å². The SMILES string of the molecule is CNC(C)C(=O)NC(C(=O)N1CCC[C@H]1c1nc(C(=O)c2ccccc2)cs1)C1CCCCC1. The molecule has 2 amide bonds. The van der Waals surface area contributed by atoms with E-state index in [-0.39, 0.29) is 35.6 Å². The maximum absolute atomic E-state index is 13.8. The fourth-order valence-electron chi connectivity index (χ4n) is 5.01. The Kier molecular flexibility index (Phi) is 8.11. The predicted molar refractivity (Wildman–Crippen MR) is 133 cm³/mol. The first-order chi connectivity index (χ1) is 16.5. The van der Waals surface area contributed by atoms with Gasteiger partial charge in [-0.25, -0.2) is 4.98 Å². The van der Waals surface area contributed by atoms with Crippen molar-refractivity contribution in [3.63, 3.8) is 0 Å². The van der Waals surface area contributed by atoms with Crippen LogP contribution in [0, 0.1) is 5.92 Å². The Bertz CT molecular complexity index is 1000. The second-order valence-electron chi connectivity index (χ2n) is 9.35. The van der Waals surface area contributed by atoms with Crippen LogP contribution < -0.4 is 10.6 Å². The summed E-state index contributed by atoms with van der Waals surface area (Å²) < 4.78 is 0. The molecule has 2 N–H and O–H groups in total. The van der Waals surface area contributed by atoms with Crippen molar-refractivity contribution in [1.29, 1.82) is 0 Å². The van der Waals surface area contributed by atoms with E-state index in [1.807, 2.05) is 23.1 Å². The number of likely N-dealkylation sites (N-methyl/N-ethyl adjacent to an activating group) is 1. The summed E-state index contributed by atoms with van der Waals surface area (Å²) in [5.41, 5.74) is 1.03. The number of hydrogen-bond donors (Lipinski definition) is 2. The van der Waals surface area contributed by atoms with Crippen molar-refractivity contribution < 1.29 is 14.4 Å². The Labute approximate surface area is 205 Å². The van der Waals surface area contributed by atoms with Crippen LogP contribution in [0.25, 0.3) is 0 Å². The number of benzene rings is 1. The maximum Gasteiger partial charge on any atom is 0.246 e. The van der Waals surface area contributed by atoms with Gasteiger partial charge in [0.1, 0.15) is 16.7 Å². The molecular weight excluding hydrogens is 448 g/mol. The van der Waals surface area contributed by atoms with E-state index in [1.54, 1.807) is 31.5 Å². The van der Waals surface area contributed by atoms with Gasteiger partial charge in [0.05, 0.1) is 12.1 Å². The molecule has 1 saturated heterocycles. The number of aromatic nitrogens is 1. The lowest BCUT2D eigenvalue weighted by molar-refractivity contribution is -0.139. The third-order valence-corrected chi connectivity index (χ3v) is 8.07. The van der Waals surface area contributed by atoms with Crippen molar-refractivity contribution in [1.82, 2.24) is 20.5 Å². The van der Waals surface area contributed by atoms with Gasteiger partial charge in [0.25, 0.3) is 0 Å². The van der Waals surface area contributed by atoms with Gasteiger partial charge >= 0.3 is 0 Å². The number of carbonyl (C=O) groups excluding carboxylic acids is 3. The standard InChI is InChI=1S/C26H34N4O3S/c1-17(27-2)24(32)29-22(18-10-5-3-6-11-18)26(33)30-15-9-14-21(30)25-28-20(16-34-25)23(31)19-12-7-4-8-13-19/h4,7-8,12-13,16-18,21-22,27H,3,5-6,9-11,14-15H2,1-2H3,(H,29,32)/t17?,21-,22?/m0/s1. The molecule has 2 aliphatic rings. The van der Waals surface area contributed by atoms with Gasteiger partial charge in [-0.1, -0.05) is 49.6 Å². The van der Waals surface area contributed by atoms with E-state index >= 15 is 0 Å². The lowest BCUT2D eigenvalue weighted by Gasteiger charge is -2.35. The van der Waals surface area contributed by atoms with Crippen LogP contribution in [-0.4, -0.2) is 53.2 Å². The summed E-state index contributed by atoms with van der Waals surface area (Å²) in [6, 6.07) is 8.10. The molecule has 2 heterocycles. The molecule has 0 radical (unpaired) electrons. The van der Waals surface area contributed by atoms with Gasteiger partial charge in [0, 0.05) is 17.5 Å². The zero-order valence-electron chi connectivity index (χ0n) is 20.0. The molecule has 0 spiro atoms. The third-order valence-electron chi connectivity index (χ3n) is 7.12. The highest BCUT2D eigenvalue weighted by atomic mass is 32.1. The smallest absolute Gasteiger partial charge is 0.246 e. The predicted octanol–water partition coefficient (Wildman–Crippen LogP) is 3.71. The molecule has 2 unspecified atom stereocenters. The van der Waals surface area contributed by atoms with Crippen molar-refractivity contribution in [2.24, 2.45) is 5.92 Å². The summed E-state index contributed by atoms with van der Waals surface area (Å²) in [4.78, 5) is 45.9. The Morgan fingerprint density at radius 1 is 1.06 bits per heavy atom. The first-order valence-electron chi connectivity index (χ1n) is 12.3. The van der Waals surface area contributed by atoms with Gasteiger partial charge in [0.15, 0.2) is 0 Å². The second-order valence-corrected chi connectivity index (χ2v) is 10.2. The largest absolute Gasteiger partial charge is 0.343 e. The minimum absolute atomic E-state index is 0.0165. The van der Waals surface area contributed by atoms with Crippen LogP contribution in [0.4, 0.5) is 0 Å². The van der Waals surface area contributed by atoms with Gasteiger partial charge in [-0.2, -0.15) is 0 Å². The highest BCUT2D eigenvalue weighted by Gasteiger charge is 2.40. The molecule has 2 aromatic rings. The van der Waals surface area contributed by atoms with Gasteiger partial charge in [-0.05, 0) is 45.6 Å². The van der Waals surface area contributed by atoms with E-state index in [0.717, 1.165) is 43.5 Å². The molecule has 8 heteroatoms. The molecule has 34 heavy (non-hydrogen) atoms. The maximum atomic E-state index is 13.8. The zero-order chi connectivity index (χ0) is 24.1. The molecule has 1 aromatic heterocycles. The average Bonchev–Trinajstić information content (AvgIpc) is 3.57. The Morgan fingerprint density at radius 2 is 1.79 bits per heavy atom. The molecule has 1 saturated carbocycles. The molecule has 1 aromatic carbocycles. The molecule has 0 bridgehead atoms. The summed E-state index contributed by atoms with van der Waals surface area (Å²) >= 11 is 1.44. The number of nitrogens with one attached hydrogen (secondary N) is 2. The van der Waals surface area contributed by atoms with E-state index in [2.05, 4.69) is 15.6 Å². The quantitative estimate of drug-likeness (QED) is 0.560. The Balaban J connectivity index is 1.53. The average molecular weight is 483 g/mol. The summed E-state index contributed by atoms with van der Waals surface area (Å²) in [7, 11) is 1.75. The van der Waals surface area contributed by atoms with Crippen LogP contribution in [0.15, 0.2) is 35.7 Å². The topological polar surface area (TPSA) is 91.4 Å². The third kappa shape index (κ3) is 5.39. The van der Waals surface area contributed by atoms with Crippen molar-refractivity contribution in [3.8, 4) is 0 Å². The molecule has 4 rings (SSSR count). The second kappa shape index (κ2) is 11.2. The van der Waals surface area contributed by atoms with Crippen LogP contribution in [0.5, 0.6) is 0 Å². The van der Waals surface area contributed by atoms with E-state index < -0.39 is 6.04 Å². The van der Waals surface area contributed by atoms with E-state index in [0.29, 0.717) is 17.8 Å². The number of rotatable bonds is 8. The minimum Gasteiger partial charge on any atom is -0.343 e. The highest BCUT2D eigenvalue weighted by molar-refractivity contribution is 7.10.